The maximum absolute atomic E-state index is 2.61. The first-order valence-corrected chi connectivity index (χ1v) is 16.5. The van der Waals surface area contributed by atoms with E-state index in [0.717, 1.165) is 71.0 Å². The summed E-state index contributed by atoms with van der Waals surface area (Å²) < 4.78 is 0. The number of hydrogen-bond acceptors (Lipinski definition) is 0. The molecule has 0 aliphatic heterocycles. The second-order valence-electron chi connectivity index (χ2n) is 15.5. The van der Waals surface area contributed by atoms with Crippen LogP contribution in [0.25, 0.3) is 0 Å². The normalized spacial score (nSPS) is 40.9. The van der Waals surface area contributed by atoms with Gasteiger partial charge in [0.05, 0.1) is 0 Å². The van der Waals surface area contributed by atoms with Crippen molar-refractivity contribution in [1.82, 2.24) is 0 Å². The average molecular weight is 487 g/mol. The number of rotatable bonds is 9. The Bertz CT molecular complexity index is 535. The van der Waals surface area contributed by atoms with Crippen LogP contribution >= 0.6 is 0 Å². The first-order valence-electron chi connectivity index (χ1n) is 16.5. The lowest BCUT2D eigenvalue weighted by molar-refractivity contribution is -0.148. The molecule has 0 aromatic rings. The Hall–Kier alpha value is 0. The van der Waals surface area contributed by atoms with Gasteiger partial charge in [0.2, 0.25) is 0 Å². The predicted octanol–water partition coefficient (Wildman–Crippen LogP) is 11.3. The highest BCUT2D eigenvalue weighted by Crippen LogP contribution is 2.65. The molecule has 3 fully saturated rings. The molecule has 35 heavy (non-hydrogen) atoms. The van der Waals surface area contributed by atoms with Gasteiger partial charge < -0.3 is 0 Å². The summed E-state index contributed by atoms with van der Waals surface area (Å²) in [5.74, 6) is 11.0. The Morgan fingerprint density at radius 3 is 1.11 bits per heavy atom. The SMILES string of the molecule is CCCCC(C1CC(C)CCC1C(C)C)(C1CC(C)CCC1C(C)C)C1CC(C)CCC1C(C)C. The van der Waals surface area contributed by atoms with E-state index in [1.807, 2.05) is 0 Å². The van der Waals surface area contributed by atoms with Crippen molar-refractivity contribution in [1.29, 1.82) is 0 Å². The molecule has 206 valence electrons. The van der Waals surface area contributed by atoms with Gasteiger partial charge in [-0.15, -0.1) is 0 Å². The molecule has 0 nitrogen and oxygen atoms in total. The van der Waals surface area contributed by atoms with Crippen molar-refractivity contribution in [2.75, 3.05) is 0 Å². The molecular formula is C35H66. The molecule has 3 aliphatic carbocycles. The van der Waals surface area contributed by atoms with E-state index in [1.54, 1.807) is 0 Å². The van der Waals surface area contributed by atoms with Crippen molar-refractivity contribution in [2.24, 2.45) is 76.4 Å². The molecule has 0 saturated heterocycles. The van der Waals surface area contributed by atoms with E-state index in [-0.39, 0.29) is 0 Å². The highest BCUT2D eigenvalue weighted by atomic mass is 14.6. The minimum Gasteiger partial charge on any atom is -0.0654 e. The molecule has 0 radical (unpaired) electrons. The number of hydrogen-bond donors (Lipinski definition) is 0. The van der Waals surface area contributed by atoms with Crippen LogP contribution in [0, 0.1) is 76.4 Å². The summed E-state index contributed by atoms with van der Waals surface area (Å²) in [4.78, 5) is 0. The summed E-state index contributed by atoms with van der Waals surface area (Å²) in [6.07, 6.45) is 17.9. The Kier molecular flexibility index (Phi) is 10.7. The maximum atomic E-state index is 2.61. The summed E-state index contributed by atoms with van der Waals surface area (Å²) in [6, 6.07) is 0. The molecule has 3 aliphatic rings. The van der Waals surface area contributed by atoms with Gasteiger partial charge in [-0.3, -0.25) is 0 Å². The van der Waals surface area contributed by atoms with E-state index in [0.29, 0.717) is 5.41 Å². The predicted molar refractivity (Wildman–Crippen MR) is 156 cm³/mol. The Morgan fingerprint density at radius 1 is 0.543 bits per heavy atom. The fourth-order valence-electron chi connectivity index (χ4n) is 10.3. The van der Waals surface area contributed by atoms with Gasteiger partial charge in [0.15, 0.2) is 0 Å². The van der Waals surface area contributed by atoms with Crippen molar-refractivity contribution in [2.45, 2.75) is 146 Å². The van der Waals surface area contributed by atoms with E-state index in [2.05, 4.69) is 69.2 Å². The fraction of sp³-hybridized carbons (Fsp3) is 1.00. The number of unbranched alkanes of at least 4 members (excludes halogenated alkanes) is 1. The van der Waals surface area contributed by atoms with Gasteiger partial charge in [-0.25, -0.2) is 0 Å². The topological polar surface area (TPSA) is 0 Å². The largest absolute Gasteiger partial charge is 0.0654 e. The third-order valence-corrected chi connectivity index (χ3v) is 12.1. The molecule has 0 amide bonds. The van der Waals surface area contributed by atoms with Gasteiger partial charge in [-0.1, -0.05) is 101 Å². The molecule has 0 aromatic carbocycles. The average Bonchev–Trinajstić information content (AvgIpc) is 2.79. The molecule has 0 spiro atoms. The minimum absolute atomic E-state index is 0.562. The van der Waals surface area contributed by atoms with Crippen molar-refractivity contribution in [3.63, 3.8) is 0 Å². The van der Waals surface area contributed by atoms with E-state index >= 15 is 0 Å². The molecule has 3 saturated carbocycles. The Balaban J connectivity index is 2.25. The van der Waals surface area contributed by atoms with E-state index < -0.39 is 0 Å². The quantitative estimate of drug-likeness (QED) is 0.304. The first kappa shape index (κ1) is 29.6. The molecule has 0 heteroatoms. The second-order valence-corrected chi connectivity index (χ2v) is 15.5. The molecule has 9 atom stereocenters. The lowest BCUT2D eigenvalue weighted by atomic mass is 9.41. The molecular weight excluding hydrogens is 420 g/mol. The Morgan fingerprint density at radius 2 is 0.857 bits per heavy atom. The van der Waals surface area contributed by atoms with Gasteiger partial charge in [0.25, 0.3) is 0 Å². The van der Waals surface area contributed by atoms with Crippen LogP contribution in [0.15, 0.2) is 0 Å². The minimum atomic E-state index is 0.562. The molecule has 3 rings (SSSR count). The van der Waals surface area contributed by atoms with Gasteiger partial charge >= 0.3 is 0 Å². The summed E-state index contributed by atoms with van der Waals surface area (Å²) in [5, 5.41) is 0. The van der Waals surface area contributed by atoms with Crippen LogP contribution in [-0.2, 0) is 0 Å². The lowest BCUT2D eigenvalue weighted by Crippen LogP contribution is -2.56. The summed E-state index contributed by atoms with van der Waals surface area (Å²) in [5.41, 5.74) is 0.562. The smallest absolute Gasteiger partial charge is 0.0204 e. The van der Waals surface area contributed by atoms with Crippen LogP contribution in [0.3, 0.4) is 0 Å². The zero-order chi connectivity index (χ0) is 25.9. The van der Waals surface area contributed by atoms with Crippen molar-refractivity contribution in [3.8, 4) is 0 Å². The zero-order valence-electron chi connectivity index (χ0n) is 25.9. The van der Waals surface area contributed by atoms with Crippen molar-refractivity contribution < 1.29 is 0 Å². The zero-order valence-corrected chi connectivity index (χ0v) is 25.9. The maximum Gasteiger partial charge on any atom is -0.0204 e. The molecule has 0 aromatic heterocycles. The summed E-state index contributed by atoms with van der Waals surface area (Å²) in [7, 11) is 0. The van der Waals surface area contributed by atoms with Crippen molar-refractivity contribution >= 4 is 0 Å². The van der Waals surface area contributed by atoms with E-state index in [4.69, 9.17) is 0 Å². The Labute approximate surface area is 222 Å². The summed E-state index contributed by atoms with van der Waals surface area (Å²) >= 11 is 0. The highest BCUT2D eigenvalue weighted by Gasteiger charge is 2.58. The van der Waals surface area contributed by atoms with Gasteiger partial charge in [0.1, 0.15) is 0 Å². The monoisotopic (exact) mass is 487 g/mol. The molecule has 0 heterocycles. The van der Waals surface area contributed by atoms with Crippen LogP contribution in [0.5, 0.6) is 0 Å². The van der Waals surface area contributed by atoms with Crippen LogP contribution in [-0.4, -0.2) is 0 Å². The summed E-state index contributed by atoms with van der Waals surface area (Å²) in [6.45, 7) is 25.8. The fourth-order valence-corrected chi connectivity index (χ4v) is 10.3. The van der Waals surface area contributed by atoms with Gasteiger partial charge in [0, 0.05) is 0 Å². The first-order chi connectivity index (χ1) is 16.5. The molecule has 9 unspecified atom stereocenters. The van der Waals surface area contributed by atoms with Crippen LogP contribution < -0.4 is 0 Å². The second kappa shape index (κ2) is 12.7. The lowest BCUT2D eigenvalue weighted by Gasteiger charge is -2.63. The third kappa shape index (κ3) is 6.36. The molecule has 0 N–H and O–H groups in total. The van der Waals surface area contributed by atoms with E-state index in [9.17, 15) is 0 Å². The third-order valence-electron chi connectivity index (χ3n) is 12.1. The van der Waals surface area contributed by atoms with Crippen LogP contribution in [0.4, 0.5) is 0 Å². The van der Waals surface area contributed by atoms with Gasteiger partial charge in [-0.2, -0.15) is 0 Å². The van der Waals surface area contributed by atoms with E-state index in [1.165, 1.54) is 77.0 Å². The molecule has 0 bridgehead atoms. The van der Waals surface area contributed by atoms with Crippen LogP contribution in [0.2, 0.25) is 0 Å². The standard InChI is InChI=1S/C35H66/c1-11-12-19-35(32-20-26(8)13-16-29(32)23(2)3,33-21-27(9)14-17-30(33)24(4)5)34-22-28(10)15-18-31(34)25(6)7/h23-34H,11-22H2,1-10H3. The van der Waals surface area contributed by atoms with Crippen molar-refractivity contribution in [3.05, 3.63) is 0 Å². The van der Waals surface area contributed by atoms with Gasteiger partial charge in [-0.05, 0) is 121 Å². The van der Waals surface area contributed by atoms with Crippen LogP contribution in [0.1, 0.15) is 146 Å². The highest BCUT2D eigenvalue weighted by molar-refractivity contribution is 5.07.